The highest BCUT2D eigenvalue weighted by molar-refractivity contribution is 7.89. The van der Waals surface area contributed by atoms with Crippen LogP contribution in [-0.4, -0.2) is 23.1 Å². The lowest BCUT2D eigenvalue weighted by Crippen LogP contribution is -2.24. The zero-order valence-electron chi connectivity index (χ0n) is 15.5. The van der Waals surface area contributed by atoms with Gasteiger partial charge in [-0.25, -0.2) is 13.1 Å². The molecule has 1 aliphatic rings. The fourth-order valence-electron chi connectivity index (χ4n) is 3.40. The third kappa shape index (κ3) is 3.21. The Morgan fingerprint density at radius 3 is 2.70 bits per heavy atom. The second kappa shape index (κ2) is 6.65. The molecule has 9 heteroatoms. The van der Waals surface area contributed by atoms with Gasteiger partial charge in [0.05, 0.1) is 18.4 Å². The van der Waals surface area contributed by atoms with E-state index in [0.717, 1.165) is 18.5 Å². The van der Waals surface area contributed by atoms with Gasteiger partial charge in [-0.15, -0.1) is 0 Å². The molecule has 0 spiro atoms. The quantitative estimate of drug-likeness (QED) is 0.665. The largest absolute Gasteiger partial charge is 0.468 e. The van der Waals surface area contributed by atoms with Crippen molar-refractivity contribution in [1.82, 2.24) is 19.4 Å². The number of aromatic nitrogens is 3. The van der Waals surface area contributed by atoms with E-state index in [1.807, 2.05) is 18.4 Å². The Morgan fingerprint density at radius 2 is 2.07 bits per heavy atom. The standard InChI is InChI=1S/C18H22N4O4S/c1-4-22-11(2)15(18-20-17(21-26-18)13-7-8-13)16(12(22)3)27(23,24)19-10-14-6-5-9-25-14/h5-6,9,13,19H,4,7-8,10H2,1-3H3. The summed E-state index contributed by atoms with van der Waals surface area (Å²) in [6, 6.07) is 3.44. The summed E-state index contributed by atoms with van der Waals surface area (Å²) in [6.45, 7) is 6.35. The van der Waals surface area contributed by atoms with Crippen LogP contribution in [0.1, 0.15) is 48.7 Å². The molecule has 3 aromatic heterocycles. The Balaban J connectivity index is 1.78. The fourth-order valence-corrected chi connectivity index (χ4v) is 4.88. The summed E-state index contributed by atoms with van der Waals surface area (Å²) >= 11 is 0. The van der Waals surface area contributed by atoms with E-state index in [1.165, 1.54) is 6.26 Å². The van der Waals surface area contributed by atoms with Crippen LogP contribution >= 0.6 is 0 Å². The van der Waals surface area contributed by atoms with Gasteiger partial charge < -0.3 is 13.5 Å². The number of nitrogens with one attached hydrogen (secondary N) is 1. The van der Waals surface area contributed by atoms with Crippen LogP contribution in [-0.2, 0) is 23.1 Å². The lowest BCUT2D eigenvalue weighted by molar-refractivity contribution is 0.421. The van der Waals surface area contributed by atoms with Gasteiger partial charge in [-0.2, -0.15) is 4.98 Å². The fraction of sp³-hybridized carbons (Fsp3) is 0.444. The van der Waals surface area contributed by atoms with Crippen molar-refractivity contribution in [3.8, 4) is 11.5 Å². The Kier molecular flexibility index (Phi) is 4.43. The molecule has 0 unspecified atom stereocenters. The molecule has 8 nitrogen and oxygen atoms in total. The third-order valence-electron chi connectivity index (χ3n) is 4.93. The predicted molar refractivity (Wildman–Crippen MR) is 97.6 cm³/mol. The minimum Gasteiger partial charge on any atom is -0.468 e. The summed E-state index contributed by atoms with van der Waals surface area (Å²) in [5.41, 5.74) is 1.91. The molecule has 1 aliphatic carbocycles. The van der Waals surface area contributed by atoms with Crippen molar-refractivity contribution < 1.29 is 17.4 Å². The summed E-state index contributed by atoms with van der Waals surface area (Å²) in [6.07, 6.45) is 3.60. The Bertz CT molecular complexity index is 1060. The van der Waals surface area contributed by atoms with Crippen molar-refractivity contribution in [3.05, 3.63) is 41.4 Å². The second-order valence-corrected chi connectivity index (χ2v) is 8.46. The first-order chi connectivity index (χ1) is 12.9. The first-order valence-corrected chi connectivity index (χ1v) is 10.5. The number of sulfonamides is 1. The topological polar surface area (TPSA) is 103 Å². The predicted octanol–water partition coefficient (Wildman–Crippen LogP) is 3.12. The first-order valence-electron chi connectivity index (χ1n) is 8.98. The number of hydrogen-bond acceptors (Lipinski definition) is 6. The van der Waals surface area contributed by atoms with Gasteiger partial charge in [0.2, 0.25) is 10.0 Å². The monoisotopic (exact) mass is 390 g/mol. The molecule has 3 aromatic rings. The van der Waals surface area contributed by atoms with E-state index in [-0.39, 0.29) is 17.3 Å². The van der Waals surface area contributed by atoms with Gasteiger partial charge in [0.25, 0.3) is 5.89 Å². The summed E-state index contributed by atoms with van der Waals surface area (Å²) in [5, 5.41) is 4.04. The lowest BCUT2D eigenvalue weighted by atomic mass is 10.2. The Hall–Kier alpha value is -2.39. The van der Waals surface area contributed by atoms with Crippen LogP contribution in [0.25, 0.3) is 11.5 Å². The van der Waals surface area contributed by atoms with Crippen LogP contribution in [0.3, 0.4) is 0 Å². The molecule has 3 heterocycles. The van der Waals surface area contributed by atoms with Crippen LogP contribution in [0, 0.1) is 13.8 Å². The highest BCUT2D eigenvalue weighted by Crippen LogP contribution is 2.40. The minimum absolute atomic E-state index is 0.0712. The molecule has 0 amide bonds. The molecule has 0 atom stereocenters. The first kappa shape index (κ1) is 18.0. The molecule has 0 bridgehead atoms. The van der Waals surface area contributed by atoms with Crippen molar-refractivity contribution in [1.29, 1.82) is 0 Å². The number of rotatable bonds is 7. The van der Waals surface area contributed by atoms with Gasteiger partial charge >= 0.3 is 0 Å². The highest BCUT2D eigenvalue weighted by atomic mass is 32.2. The molecule has 1 fully saturated rings. The second-order valence-electron chi connectivity index (χ2n) is 6.76. The molecule has 0 aliphatic heterocycles. The Morgan fingerprint density at radius 1 is 1.30 bits per heavy atom. The molecule has 0 radical (unpaired) electrons. The normalized spacial score (nSPS) is 14.8. The van der Waals surface area contributed by atoms with Gasteiger partial charge in [0, 0.05) is 23.9 Å². The molecule has 0 saturated heterocycles. The van der Waals surface area contributed by atoms with Crippen molar-refractivity contribution in [2.75, 3.05) is 0 Å². The molecular formula is C18H22N4O4S. The lowest BCUT2D eigenvalue weighted by Gasteiger charge is -2.07. The average molecular weight is 390 g/mol. The van der Waals surface area contributed by atoms with E-state index < -0.39 is 10.0 Å². The maximum atomic E-state index is 13.1. The maximum absolute atomic E-state index is 13.1. The summed E-state index contributed by atoms with van der Waals surface area (Å²) in [7, 11) is -3.81. The van der Waals surface area contributed by atoms with E-state index in [4.69, 9.17) is 8.94 Å². The van der Waals surface area contributed by atoms with Gasteiger partial charge in [-0.05, 0) is 45.7 Å². The molecule has 1 saturated carbocycles. The van der Waals surface area contributed by atoms with E-state index in [0.29, 0.717) is 35.3 Å². The molecule has 27 heavy (non-hydrogen) atoms. The van der Waals surface area contributed by atoms with E-state index in [2.05, 4.69) is 14.9 Å². The van der Waals surface area contributed by atoms with Crippen molar-refractivity contribution >= 4 is 10.0 Å². The van der Waals surface area contributed by atoms with Crippen LogP contribution in [0.15, 0.2) is 32.2 Å². The SMILES string of the molecule is CCn1c(C)c(-c2nc(C3CC3)no2)c(S(=O)(=O)NCc2ccco2)c1C. The molecule has 1 N–H and O–H groups in total. The third-order valence-corrected chi connectivity index (χ3v) is 6.49. The number of furan rings is 1. The van der Waals surface area contributed by atoms with Crippen LogP contribution in [0.2, 0.25) is 0 Å². The van der Waals surface area contributed by atoms with Crippen LogP contribution in [0.5, 0.6) is 0 Å². The van der Waals surface area contributed by atoms with Gasteiger partial charge in [-0.1, -0.05) is 5.16 Å². The van der Waals surface area contributed by atoms with E-state index >= 15 is 0 Å². The Labute approximate surface area is 157 Å². The summed E-state index contributed by atoms with van der Waals surface area (Å²) in [5.74, 6) is 1.77. The van der Waals surface area contributed by atoms with Crippen LogP contribution in [0.4, 0.5) is 0 Å². The minimum atomic E-state index is -3.81. The van der Waals surface area contributed by atoms with Crippen molar-refractivity contribution in [3.63, 3.8) is 0 Å². The summed E-state index contributed by atoms with van der Waals surface area (Å²) in [4.78, 5) is 4.65. The van der Waals surface area contributed by atoms with Gasteiger partial charge in [0.15, 0.2) is 5.82 Å². The zero-order chi connectivity index (χ0) is 19.2. The van der Waals surface area contributed by atoms with Crippen molar-refractivity contribution in [2.45, 2.75) is 57.5 Å². The van der Waals surface area contributed by atoms with E-state index in [1.54, 1.807) is 19.1 Å². The molecule has 4 rings (SSSR count). The van der Waals surface area contributed by atoms with E-state index in [9.17, 15) is 8.42 Å². The molecular weight excluding hydrogens is 368 g/mol. The summed E-state index contributed by atoms with van der Waals surface area (Å²) < 4.78 is 41.5. The molecule has 0 aromatic carbocycles. The van der Waals surface area contributed by atoms with Gasteiger partial charge in [-0.3, -0.25) is 0 Å². The zero-order valence-corrected chi connectivity index (χ0v) is 16.3. The van der Waals surface area contributed by atoms with Crippen molar-refractivity contribution in [2.24, 2.45) is 0 Å². The average Bonchev–Trinajstić information content (AvgIpc) is 3.06. The van der Waals surface area contributed by atoms with Gasteiger partial charge in [0.1, 0.15) is 10.7 Å². The molecule has 144 valence electrons. The number of hydrogen-bond donors (Lipinski definition) is 1. The highest BCUT2D eigenvalue weighted by Gasteiger charge is 2.34. The number of nitrogens with zero attached hydrogens (tertiary/aromatic N) is 3. The maximum Gasteiger partial charge on any atom is 0.261 e. The smallest absolute Gasteiger partial charge is 0.261 e. The van der Waals surface area contributed by atoms with Crippen LogP contribution < -0.4 is 4.72 Å².